The van der Waals surface area contributed by atoms with Gasteiger partial charge in [-0.3, -0.25) is 0 Å². The predicted octanol–water partition coefficient (Wildman–Crippen LogP) is 3.99. The molecule has 0 amide bonds. The molecule has 1 unspecified atom stereocenters. The van der Waals surface area contributed by atoms with Gasteiger partial charge in [0.05, 0.1) is 13.2 Å². The molecule has 0 fully saturated rings. The van der Waals surface area contributed by atoms with Gasteiger partial charge in [-0.25, -0.2) is 4.99 Å². The first kappa shape index (κ1) is 19.1. The Balaban J connectivity index is 0.00000208. The van der Waals surface area contributed by atoms with E-state index in [4.69, 9.17) is 4.74 Å². The van der Waals surface area contributed by atoms with Crippen molar-refractivity contribution in [2.75, 3.05) is 19.7 Å². The fourth-order valence-corrected chi connectivity index (χ4v) is 3.38. The lowest BCUT2D eigenvalue weighted by Gasteiger charge is -2.26. The van der Waals surface area contributed by atoms with E-state index < -0.39 is 0 Å². The maximum Gasteiger partial charge on any atom is 0.191 e. The summed E-state index contributed by atoms with van der Waals surface area (Å²) in [7, 11) is 0. The number of rotatable bonds is 5. The second-order valence-corrected chi connectivity index (χ2v) is 6.56. The van der Waals surface area contributed by atoms with Gasteiger partial charge in [0.2, 0.25) is 0 Å². The molecule has 24 heavy (non-hydrogen) atoms. The molecule has 130 valence electrons. The summed E-state index contributed by atoms with van der Waals surface area (Å²) in [6, 6.07) is 12.5. The first-order valence-electron chi connectivity index (χ1n) is 8.13. The SMILES string of the molecule is CCNC(=NCc1cccs1)NCC1CCOc2ccccc21.I. The molecule has 2 heterocycles. The lowest BCUT2D eigenvalue weighted by molar-refractivity contribution is 0.267. The van der Waals surface area contributed by atoms with E-state index in [9.17, 15) is 0 Å². The number of hydrogen-bond acceptors (Lipinski definition) is 3. The zero-order valence-corrected chi connectivity index (χ0v) is 17.0. The minimum absolute atomic E-state index is 0. The molecule has 0 spiro atoms. The van der Waals surface area contributed by atoms with E-state index in [1.54, 1.807) is 11.3 Å². The van der Waals surface area contributed by atoms with Gasteiger partial charge < -0.3 is 15.4 Å². The summed E-state index contributed by atoms with van der Waals surface area (Å²) >= 11 is 1.74. The predicted molar refractivity (Wildman–Crippen MR) is 112 cm³/mol. The largest absolute Gasteiger partial charge is 0.493 e. The molecule has 0 saturated heterocycles. The quantitative estimate of drug-likeness (QED) is 0.406. The van der Waals surface area contributed by atoms with E-state index in [0.717, 1.165) is 44.4 Å². The van der Waals surface area contributed by atoms with Crippen molar-refractivity contribution in [1.29, 1.82) is 0 Å². The molecule has 2 N–H and O–H groups in total. The van der Waals surface area contributed by atoms with E-state index in [-0.39, 0.29) is 24.0 Å². The number of benzene rings is 1. The van der Waals surface area contributed by atoms with Crippen LogP contribution in [0.25, 0.3) is 0 Å². The van der Waals surface area contributed by atoms with Crippen LogP contribution in [0.1, 0.15) is 29.7 Å². The highest BCUT2D eigenvalue weighted by Gasteiger charge is 2.20. The first-order chi connectivity index (χ1) is 11.4. The van der Waals surface area contributed by atoms with Gasteiger partial charge in [0.25, 0.3) is 0 Å². The zero-order valence-electron chi connectivity index (χ0n) is 13.8. The third-order valence-electron chi connectivity index (χ3n) is 3.92. The Morgan fingerprint density at radius 2 is 2.12 bits per heavy atom. The van der Waals surface area contributed by atoms with Crippen molar-refractivity contribution in [2.24, 2.45) is 4.99 Å². The second kappa shape index (κ2) is 9.88. The van der Waals surface area contributed by atoms with Crippen molar-refractivity contribution >= 4 is 41.3 Å². The highest BCUT2D eigenvalue weighted by atomic mass is 127. The molecule has 3 rings (SSSR count). The standard InChI is InChI=1S/C18H23N3OS.HI/c1-2-19-18(21-13-15-6-5-11-23-15)20-12-14-9-10-22-17-8-4-3-7-16(14)17;/h3-8,11,14H,2,9-10,12-13H2,1H3,(H2,19,20,21);1H. The molecule has 1 aliphatic rings. The average molecular weight is 457 g/mol. The molecule has 4 nitrogen and oxygen atoms in total. The van der Waals surface area contributed by atoms with Gasteiger partial charge in [0.1, 0.15) is 5.75 Å². The number of halogens is 1. The van der Waals surface area contributed by atoms with Crippen LogP contribution in [-0.2, 0) is 6.54 Å². The molecule has 2 aromatic rings. The Hall–Kier alpha value is -1.28. The lowest BCUT2D eigenvalue weighted by Crippen LogP contribution is -2.40. The molecule has 1 atom stereocenters. The van der Waals surface area contributed by atoms with E-state index in [2.05, 4.69) is 58.3 Å². The Labute approximate surface area is 164 Å². The number of para-hydroxylation sites is 1. The van der Waals surface area contributed by atoms with Gasteiger partial charge in [-0.05, 0) is 36.4 Å². The van der Waals surface area contributed by atoms with Crippen molar-refractivity contribution in [2.45, 2.75) is 25.8 Å². The van der Waals surface area contributed by atoms with Crippen molar-refractivity contribution in [3.05, 3.63) is 52.2 Å². The van der Waals surface area contributed by atoms with E-state index in [1.807, 2.05) is 6.07 Å². The van der Waals surface area contributed by atoms with Crippen LogP contribution in [0.5, 0.6) is 5.75 Å². The lowest BCUT2D eigenvalue weighted by atomic mass is 9.93. The van der Waals surface area contributed by atoms with Crippen molar-refractivity contribution in [1.82, 2.24) is 10.6 Å². The van der Waals surface area contributed by atoms with Gasteiger partial charge in [0, 0.05) is 23.9 Å². The summed E-state index contributed by atoms with van der Waals surface area (Å²) in [5.41, 5.74) is 1.29. The maximum absolute atomic E-state index is 5.73. The van der Waals surface area contributed by atoms with E-state index in [0.29, 0.717) is 5.92 Å². The van der Waals surface area contributed by atoms with Crippen molar-refractivity contribution in [3.63, 3.8) is 0 Å². The third kappa shape index (κ3) is 5.11. The number of fused-ring (bicyclic) bond motifs is 1. The number of thiophene rings is 1. The molecular weight excluding hydrogens is 433 g/mol. The number of aliphatic imine (C=N–C) groups is 1. The number of hydrogen-bond donors (Lipinski definition) is 2. The van der Waals surface area contributed by atoms with Crippen molar-refractivity contribution < 1.29 is 4.74 Å². The summed E-state index contributed by atoms with van der Waals surface area (Å²) < 4.78 is 5.73. The summed E-state index contributed by atoms with van der Waals surface area (Å²) in [6.07, 6.45) is 1.04. The summed E-state index contributed by atoms with van der Waals surface area (Å²) in [6.45, 7) is 5.33. The van der Waals surface area contributed by atoms with Gasteiger partial charge in [0.15, 0.2) is 5.96 Å². The Kier molecular flexibility index (Phi) is 7.84. The molecule has 1 aliphatic heterocycles. The second-order valence-electron chi connectivity index (χ2n) is 5.53. The number of nitrogens with one attached hydrogen (secondary N) is 2. The minimum atomic E-state index is 0. The van der Waals surface area contributed by atoms with Crippen LogP contribution in [-0.4, -0.2) is 25.7 Å². The normalized spacial score (nSPS) is 16.5. The summed E-state index contributed by atoms with van der Waals surface area (Å²) in [5.74, 6) is 2.36. The molecule has 0 saturated carbocycles. The number of nitrogens with zero attached hydrogens (tertiary/aromatic N) is 1. The third-order valence-corrected chi connectivity index (χ3v) is 4.78. The highest BCUT2D eigenvalue weighted by molar-refractivity contribution is 14.0. The summed E-state index contributed by atoms with van der Waals surface area (Å²) in [4.78, 5) is 5.95. The summed E-state index contributed by atoms with van der Waals surface area (Å²) in [5, 5.41) is 8.89. The maximum atomic E-state index is 5.73. The molecular formula is C18H24IN3OS. The first-order valence-corrected chi connectivity index (χ1v) is 9.01. The Morgan fingerprint density at radius 1 is 1.25 bits per heavy atom. The van der Waals surface area contributed by atoms with Crippen LogP contribution in [0.2, 0.25) is 0 Å². The van der Waals surface area contributed by atoms with Gasteiger partial charge in [-0.2, -0.15) is 0 Å². The molecule has 0 radical (unpaired) electrons. The van der Waals surface area contributed by atoms with Crippen LogP contribution in [0, 0.1) is 0 Å². The monoisotopic (exact) mass is 457 g/mol. The minimum Gasteiger partial charge on any atom is -0.493 e. The topological polar surface area (TPSA) is 45.7 Å². The molecule has 0 bridgehead atoms. The fourth-order valence-electron chi connectivity index (χ4n) is 2.75. The molecule has 0 aliphatic carbocycles. The fraction of sp³-hybridized carbons (Fsp3) is 0.389. The van der Waals surface area contributed by atoms with Crippen molar-refractivity contribution in [3.8, 4) is 5.75 Å². The van der Waals surface area contributed by atoms with Crippen LogP contribution >= 0.6 is 35.3 Å². The van der Waals surface area contributed by atoms with Gasteiger partial charge in [-0.15, -0.1) is 35.3 Å². The smallest absolute Gasteiger partial charge is 0.191 e. The van der Waals surface area contributed by atoms with E-state index in [1.165, 1.54) is 10.4 Å². The van der Waals surface area contributed by atoms with Crippen LogP contribution in [0.4, 0.5) is 0 Å². The molecule has 1 aromatic heterocycles. The average Bonchev–Trinajstić information content (AvgIpc) is 3.11. The van der Waals surface area contributed by atoms with Gasteiger partial charge in [-0.1, -0.05) is 24.3 Å². The number of ether oxygens (including phenoxy) is 1. The highest BCUT2D eigenvalue weighted by Crippen LogP contribution is 2.32. The van der Waals surface area contributed by atoms with E-state index >= 15 is 0 Å². The Morgan fingerprint density at radius 3 is 2.92 bits per heavy atom. The van der Waals surface area contributed by atoms with Crippen LogP contribution in [0.3, 0.4) is 0 Å². The molecule has 6 heteroatoms. The Bertz CT molecular complexity index is 645. The van der Waals surface area contributed by atoms with Crippen LogP contribution < -0.4 is 15.4 Å². The zero-order chi connectivity index (χ0) is 15.9. The number of guanidine groups is 1. The van der Waals surface area contributed by atoms with Gasteiger partial charge >= 0.3 is 0 Å². The van der Waals surface area contributed by atoms with Crippen LogP contribution in [0.15, 0.2) is 46.8 Å². The molecule has 1 aromatic carbocycles.